The van der Waals surface area contributed by atoms with Gasteiger partial charge in [-0.15, -0.1) is 0 Å². The summed E-state index contributed by atoms with van der Waals surface area (Å²) in [7, 11) is 1.66. The summed E-state index contributed by atoms with van der Waals surface area (Å²) in [5.74, 6) is 0.814. The van der Waals surface area contributed by atoms with E-state index in [4.69, 9.17) is 9.84 Å². The van der Waals surface area contributed by atoms with Crippen LogP contribution in [0, 0.1) is 19.8 Å². The van der Waals surface area contributed by atoms with Crippen LogP contribution < -0.4 is 4.74 Å². The lowest BCUT2D eigenvalue weighted by molar-refractivity contribution is -0.137. The number of hydrogen-bond acceptors (Lipinski definition) is 2. The highest BCUT2D eigenvalue weighted by Crippen LogP contribution is 2.45. The van der Waals surface area contributed by atoms with E-state index in [-0.39, 0.29) is 12.3 Å². The zero-order valence-corrected chi connectivity index (χ0v) is 11.2. The lowest BCUT2D eigenvalue weighted by Crippen LogP contribution is -2.09. The molecule has 0 aromatic heterocycles. The van der Waals surface area contributed by atoms with Gasteiger partial charge in [0.1, 0.15) is 5.75 Å². The Morgan fingerprint density at radius 2 is 2.11 bits per heavy atom. The van der Waals surface area contributed by atoms with Gasteiger partial charge < -0.3 is 9.84 Å². The molecule has 1 atom stereocenters. The predicted octanol–water partition coefficient (Wildman–Crippen LogP) is 3.28. The van der Waals surface area contributed by atoms with Crippen LogP contribution in [0.4, 0.5) is 0 Å². The number of aryl methyl sites for hydroxylation is 1. The molecule has 0 bridgehead atoms. The number of methoxy groups -OCH3 is 1. The molecule has 1 fully saturated rings. The first-order chi connectivity index (χ1) is 8.52. The number of rotatable bonds is 5. The molecule has 0 spiro atoms. The number of ether oxygens (including phenoxy) is 1. The molecule has 0 heterocycles. The van der Waals surface area contributed by atoms with Crippen LogP contribution in [0.2, 0.25) is 0 Å². The van der Waals surface area contributed by atoms with Gasteiger partial charge in [0, 0.05) is 0 Å². The van der Waals surface area contributed by atoms with Crippen LogP contribution in [0.1, 0.15) is 41.9 Å². The molecule has 1 aliphatic carbocycles. The molecule has 1 aromatic carbocycles. The number of carboxylic acid groups (broad SMARTS) is 1. The SMILES string of the molecule is COc1cc(C(CC(=O)O)C2CC2)cc(C)c1C. The van der Waals surface area contributed by atoms with E-state index in [1.807, 2.05) is 19.9 Å². The van der Waals surface area contributed by atoms with Crippen molar-refractivity contribution in [2.75, 3.05) is 7.11 Å². The Bertz CT molecular complexity index is 461. The Morgan fingerprint density at radius 1 is 1.44 bits per heavy atom. The van der Waals surface area contributed by atoms with Crippen LogP contribution in [0.25, 0.3) is 0 Å². The average Bonchev–Trinajstić information content (AvgIpc) is 3.13. The van der Waals surface area contributed by atoms with Crippen LogP contribution >= 0.6 is 0 Å². The quantitative estimate of drug-likeness (QED) is 0.869. The van der Waals surface area contributed by atoms with Gasteiger partial charge in [-0.2, -0.15) is 0 Å². The minimum Gasteiger partial charge on any atom is -0.496 e. The fraction of sp³-hybridized carbons (Fsp3) is 0.533. The normalized spacial score (nSPS) is 16.4. The van der Waals surface area contributed by atoms with Crippen LogP contribution in [-0.4, -0.2) is 18.2 Å². The molecule has 0 aliphatic heterocycles. The Kier molecular flexibility index (Phi) is 3.60. The van der Waals surface area contributed by atoms with Crippen molar-refractivity contribution in [1.29, 1.82) is 0 Å². The monoisotopic (exact) mass is 248 g/mol. The summed E-state index contributed by atoms with van der Waals surface area (Å²) < 4.78 is 5.37. The van der Waals surface area contributed by atoms with Crippen molar-refractivity contribution in [3.8, 4) is 5.75 Å². The van der Waals surface area contributed by atoms with Crippen LogP contribution in [0.5, 0.6) is 5.75 Å². The first-order valence-electron chi connectivity index (χ1n) is 6.40. The zero-order valence-electron chi connectivity index (χ0n) is 11.2. The van der Waals surface area contributed by atoms with Gasteiger partial charge >= 0.3 is 5.97 Å². The summed E-state index contributed by atoms with van der Waals surface area (Å²) in [6.45, 7) is 4.08. The van der Waals surface area contributed by atoms with Crippen LogP contribution in [0.3, 0.4) is 0 Å². The number of carboxylic acids is 1. The van der Waals surface area contributed by atoms with Gasteiger partial charge in [0.2, 0.25) is 0 Å². The second kappa shape index (κ2) is 5.01. The molecule has 0 amide bonds. The van der Waals surface area contributed by atoms with Gasteiger partial charge in [-0.3, -0.25) is 4.79 Å². The molecule has 1 unspecified atom stereocenters. The third kappa shape index (κ3) is 2.66. The molecule has 1 saturated carbocycles. The standard InChI is InChI=1S/C15H20O3/c1-9-6-12(7-14(18-3)10(9)2)13(8-15(16)17)11-4-5-11/h6-7,11,13H,4-5,8H2,1-3H3,(H,16,17). The van der Waals surface area contributed by atoms with Gasteiger partial charge in [0.15, 0.2) is 0 Å². The molecule has 0 saturated heterocycles. The van der Waals surface area contributed by atoms with E-state index in [1.165, 1.54) is 5.56 Å². The molecular formula is C15H20O3. The van der Waals surface area contributed by atoms with Crippen molar-refractivity contribution >= 4 is 5.97 Å². The molecule has 0 radical (unpaired) electrons. The fourth-order valence-corrected chi connectivity index (χ4v) is 2.52. The summed E-state index contributed by atoms with van der Waals surface area (Å²) in [6, 6.07) is 4.12. The van der Waals surface area contributed by atoms with Crippen molar-refractivity contribution in [2.24, 2.45) is 5.92 Å². The lowest BCUT2D eigenvalue weighted by atomic mass is 9.89. The third-order valence-corrected chi connectivity index (χ3v) is 3.88. The lowest BCUT2D eigenvalue weighted by Gasteiger charge is -2.18. The molecule has 1 N–H and O–H groups in total. The van der Waals surface area contributed by atoms with Gasteiger partial charge in [0.05, 0.1) is 13.5 Å². The van der Waals surface area contributed by atoms with Crippen molar-refractivity contribution in [2.45, 2.75) is 39.0 Å². The molecule has 3 heteroatoms. The predicted molar refractivity (Wildman–Crippen MR) is 70.2 cm³/mol. The van der Waals surface area contributed by atoms with Crippen LogP contribution in [-0.2, 0) is 4.79 Å². The zero-order chi connectivity index (χ0) is 13.3. The summed E-state index contributed by atoms with van der Waals surface area (Å²) in [6.07, 6.45) is 2.51. The Balaban J connectivity index is 2.35. The molecule has 98 valence electrons. The van der Waals surface area contributed by atoms with E-state index in [1.54, 1.807) is 7.11 Å². The van der Waals surface area contributed by atoms with Gasteiger partial charge in [-0.25, -0.2) is 0 Å². The Labute approximate surface area is 108 Å². The number of hydrogen-bond donors (Lipinski definition) is 1. The highest BCUT2D eigenvalue weighted by atomic mass is 16.5. The van der Waals surface area contributed by atoms with Gasteiger partial charge in [-0.05, 0) is 61.3 Å². The Morgan fingerprint density at radius 3 is 2.61 bits per heavy atom. The van der Waals surface area contributed by atoms with Crippen molar-refractivity contribution in [1.82, 2.24) is 0 Å². The van der Waals surface area contributed by atoms with E-state index in [9.17, 15) is 4.79 Å². The molecule has 2 rings (SSSR count). The highest BCUT2D eigenvalue weighted by molar-refractivity contribution is 5.68. The molecule has 3 nitrogen and oxygen atoms in total. The third-order valence-electron chi connectivity index (χ3n) is 3.88. The van der Waals surface area contributed by atoms with Gasteiger partial charge in [-0.1, -0.05) is 6.07 Å². The number of benzene rings is 1. The first kappa shape index (κ1) is 12.9. The first-order valence-corrected chi connectivity index (χ1v) is 6.40. The molecule has 1 aromatic rings. The second-order valence-electron chi connectivity index (χ2n) is 5.21. The van der Waals surface area contributed by atoms with E-state index >= 15 is 0 Å². The van der Waals surface area contributed by atoms with Crippen molar-refractivity contribution in [3.05, 3.63) is 28.8 Å². The smallest absolute Gasteiger partial charge is 0.303 e. The van der Waals surface area contributed by atoms with Gasteiger partial charge in [0.25, 0.3) is 0 Å². The Hall–Kier alpha value is -1.51. The maximum absolute atomic E-state index is 11.0. The maximum atomic E-state index is 11.0. The highest BCUT2D eigenvalue weighted by Gasteiger charge is 2.34. The van der Waals surface area contributed by atoms with Crippen molar-refractivity contribution < 1.29 is 14.6 Å². The summed E-state index contributed by atoms with van der Waals surface area (Å²) in [5.41, 5.74) is 3.41. The summed E-state index contributed by atoms with van der Waals surface area (Å²) in [5, 5.41) is 9.04. The average molecular weight is 248 g/mol. The minimum absolute atomic E-state index is 0.135. The molecule has 1 aliphatic rings. The van der Waals surface area contributed by atoms with E-state index < -0.39 is 5.97 Å². The largest absolute Gasteiger partial charge is 0.496 e. The fourth-order valence-electron chi connectivity index (χ4n) is 2.52. The topological polar surface area (TPSA) is 46.5 Å². The van der Waals surface area contributed by atoms with E-state index in [0.717, 1.165) is 29.7 Å². The molecular weight excluding hydrogens is 228 g/mol. The summed E-state index contributed by atoms with van der Waals surface area (Å²) in [4.78, 5) is 11.0. The second-order valence-corrected chi connectivity index (χ2v) is 5.21. The molecule has 18 heavy (non-hydrogen) atoms. The number of carbonyl (C=O) groups is 1. The maximum Gasteiger partial charge on any atom is 0.303 e. The number of aliphatic carboxylic acids is 1. The minimum atomic E-state index is -0.718. The van der Waals surface area contributed by atoms with Crippen LogP contribution in [0.15, 0.2) is 12.1 Å². The van der Waals surface area contributed by atoms with E-state index in [2.05, 4.69) is 6.07 Å². The van der Waals surface area contributed by atoms with Crippen molar-refractivity contribution in [3.63, 3.8) is 0 Å². The summed E-state index contributed by atoms with van der Waals surface area (Å²) >= 11 is 0. The van der Waals surface area contributed by atoms with E-state index in [0.29, 0.717) is 5.92 Å².